The lowest BCUT2D eigenvalue weighted by atomic mass is 9.94. The van der Waals surface area contributed by atoms with E-state index in [1.165, 1.54) is 13.8 Å². The summed E-state index contributed by atoms with van der Waals surface area (Å²) in [5.74, 6) is -3.29. The van der Waals surface area contributed by atoms with Crippen LogP contribution in [0.1, 0.15) is 55.5 Å². The minimum atomic E-state index is -1.29. The normalized spacial score (nSPS) is 15.1. The zero-order valence-electron chi connectivity index (χ0n) is 20.8. The zero-order valence-corrected chi connectivity index (χ0v) is 22.4. The lowest BCUT2D eigenvalue weighted by molar-refractivity contribution is -0.140. The van der Waals surface area contributed by atoms with E-state index in [-0.39, 0.29) is 22.4 Å². The molecular formula is C26H30N2O7S2. The number of amides is 2. The molecule has 0 saturated heterocycles. The average Bonchev–Trinajstić information content (AvgIpc) is 2.87. The summed E-state index contributed by atoms with van der Waals surface area (Å²) in [6, 6.07) is 4.56. The Morgan fingerprint density at radius 1 is 0.919 bits per heavy atom. The quantitative estimate of drug-likeness (QED) is 0.337. The fourth-order valence-corrected chi connectivity index (χ4v) is 5.38. The predicted octanol–water partition coefficient (Wildman–Crippen LogP) is 2.86. The summed E-state index contributed by atoms with van der Waals surface area (Å²) >= 11 is 1.53. The Morgan fingerprint density at radius 3 is 2.14 bits per heavy atom. The van der Waals surface area contributed by atoms with Gasteiger partial charge in [-0.3, -0.25) is 24.0 Å². The van der Waals surface area contributed by atoms with Gasteiger partial charge in [0.05, 0.1) is 5.92 Å². The molecule has 0 spiro atoms. The van der Waals surface area contributed by atoms with E-state index in [4.69, 9.17) is 0 Å². The monoisotopic (exact) mass is 546 g/mol. The number of thioether (sulfide) groups is 2. The highest BCUT2D eigenvalue weighted by molar-refractivity contribution is 8.15. The molecule has 37 heavy (non-hydrogen) atoms. The molecule has 2 amide bonds. The lowest BCUT2D eigenvalue weighted by Crippen LogP contribution is -2.44. The molecule has 3 unspecified atom stereocenters. The van der Waals surface area contributed by atoms with Crippen LogP contribution in [0.4, 0.5) is 0 Å². The average molecular weight is 547 g/mol. The number of carboxylic acid groups (broad SMARTS) is 1. The van der Waals surface area contributed by atoms with E-state index in [0.717, 1.165) is 24.6 Å². The highest BCUT2D eigenvalue weighted by Gasteiger charge is 2.27. The third kappa shape index (κ3) is 9.66. The van der Waals surface area contributed by atoms with Crippen LogP contribution in [-0.4, -0.2) is 62.5 Å². The summed E-state index contributed by atoms with van der Waals surface area (Å²) in [6.45, 7) is 4.10. The first-order chi connectivity index (χ1) is 17.5. The molecule has 198 valence electrons. The fourth-order valence-electron chi connectivity index (χ4n) is 3.42. The Morgan fingerprint density at radius 2 is 1.54 bits per heavy atom. The van der Waals surface area contributed by atoms with Crippen LogP contribution in [0.15, 0.2) is 48.1 Å². The van der Waals surface area contributed by atoms with Crippen LogP contribution in [0.3, 0.4) is 0 Å². The van der Waals surface area contributed by atoms with Gasteiger partial charge in [-0.15, -0.1) is 0 Å². The van der Waals surface area contributed by atoms with Crippen LogP contribution < -0.4 is 10.6 Å². The predicted molar refractivity (Wildman–Crippen MR) is 143 cm³/mol. The summed E-state index contributed by atoms with van der Waals surface area (Å²) < 4.78 is 0. The van der Waals surface area contributed by atoms with Crippen LogP contribution in [-0.2, 0) is 24.0 Å². The molecule has 1 aliphatic carbocycles. The van der Waals surface area contributed by atoms with Crippen molar-refractivity contribution in [3.8, 4) is 0 Å². The van der Waals surface area contributed by atoms with Gasteiger partial charge in [0.1, 0.15) is 12.1 Å². The molecule has 0 aliphatic heterocycles. The Kier molecular flexibility index (Phi) is 11.8. The first kappa shape index (κ1) is 30.0. The number of carbonyl (C=O) groups excluding carboxylic acids is 5. The first-order valence-corrected chi connectivity index (χ1v) is 13.6. The van der Waals surface area contributed by atoms with Gasteiger partial charge in [-0.1, -0.05) is 66.9 Å². The molecular weight excluding hydrogens is 516 g/mol. The minimum Gasteiger partial charge on any atom is -0.480 e. The van der Waals surface area contributed by atoms with E-state index in [9.17, 15) is 33.9 Å². The van der Waals surface area contributed by atoms with Crippen LogP contribution in [0.25, 0.3) is 0 Å². The van der Waals surface area contributed by atoms with Crippen molar-refractivity contribution < 1.29 is 33.9 Å². The van der Waals surface area contributed by atoms with Gasteiger partial charge in [0.15, 0.2) is 10.9 Å². The number of carbonyl (C=O) groups is 6. The molecule has 11 heteroatoms. The third-order valence-electron chi connectivity index (χ3n) is 5.38. The highest BCUT2D eigenvalue weighted by atomic mass is 32.2. The van der Waals surface area contributed by atoms with Crippen molar-refractivity contribution in [2.24, 2.45) is 0 Å². The SMILES string of the molecule is CC(=O)NC(CSC(=O)C(CSC(=O)C(C)c1cccc(C(=O)C2=CCCC=C2)c1)NC(C)=O)C(=O)O. The standard InChI is InChI=1S/C26H30N2O7S2/c1-15(19-10-7-11-20(12-19)23(31)18-8-5-4-6-9-18)25(34)36-14-22(28-17(3)30)26(35)37-13-21(24(32)33)27-16(2)29/h5,7-12,15,21-22H,4,6,13-14H2,1-3H3,(H,27,29)(H,28,30)(H,32,33). The second-order valence-electron chi connectivity index (χ2n) is 8.42. The molecule has 3 atom stereocenters. The maximum Gasteiger partial charge on any atom is 0.327 e. The topological polar surface area (TPSA) is 147 Å². The minimum absolute atomic E-state index is 0.0528. The maximum absolute atomic E-state index is 12.9. The van der Waals surface area contributed by atoms with Crippen molar-refractivity contribution >= 4 is 57.3 Å². The Balaban J connectivity index is 2.03. The van der Waals surface area contributed by atoms with Gasteiger partial charge in [0.25, 0.3) is 0 Å². The Hall–Kier alpha value is -3.18. The molecule has 1 aromatic rings. The van der Waals surface area contributed by atoms with Crippen LogP contribution in [0.2, 0.25) is 0 Å². The van der Waals surface area contributed by atoms with Gasteiger partial charge in [0.2, 0.25) is 16.9 Å². The number of allylic oxidation sites excluding steroid dienone is 4. The smallest absolute Gasteiger partial charge is 0.327 e. The number of aliphatic carboxylic acids is 1. The molecule has 2 rings (SSSR count). The number of carboxylic acids is 1. The second-order valence-corrected chi connectivity index (χ2v) is 10.5. The van der Waals surface area contributed by atoms with Gasteiger partial charge < -0.3 is 15.7 Å². The van der Waals surface area contributed by atoms with Crippen molar-refractivity contribution in [1.82, 2.24) is 10.6 Å². The Bertz CT molecular complexity index is 1130. The third-order valence-corrected chi connectivity index (χ3v) is 7.59. The van der Waals surface area contributed by atoms with Crippen molar-refractivity contribution in [1.29, 1.82) is 0 Å². The van der Waals surface area contributed by atoms with E-state index >= 15 is 0 Å². The van der Waals surface area contributed by atoms with Gasteiger partial charge >= 0.3 is 5.97 Å². The number of nitrogens with one attached hydrogen (secondary N) is 2. The fraction of sp³-hybridized carbons (Fsp3) is 0.385. The molecule has 9 nitrogen and oxygen atoms in total. The lowest BCUT2D eigenvalue weighted by Gasteiger charge is -2.18. The number of Topliss-reactive ketones (excluding diaryl/α,β-unsaturated/α-hetero) is 1. The van der Waals surface area contributed by atoms with Crippen molar-refractivity contribution in [3.05, 3.63) is 59.2 Å². The number of rotatable bonds is 12. The summed E-state index contributed by atoms with van der Waals surface area (Å²) in [7, 11) is 0. The van der Waals surface area contributed by atoms with Gasteiger partial charge in [-0.05, 0) is 24.5 Å². The maximum atomic E-state index is 12.9. The largest absolute Gasteiger partial charge is 0.480 e. The van der Waals surface area contributed by atoms with Crippen molar-refractivity contribution in [2.45, 2.75) is 51.6 Å². The highest BCUT2D eigenvalue weighted by Crippen LogP contribution is 2.26. The van der Waals surface area contributed by atoms with E-state index in [1.54, 1.807) is 37.3 Å². The summed E-state index contributed by atoms with van der Waals surface area (Å²) in [5, 5.41) is 13.2. The molecule has 1 aromatic carbocycles. The molecule has 3 N–H and O–H groups in total. The second kappa shape index (κ2) is 14.5. The van der Waals surface area contributed by atoms with Gasteiger partial charge in [0, 0.05) is 36.5 Å². The van der Waals surface area contributed by atoms with Crippen LogP contribution >= 0.6 is 23.5 Å². The Labute approximate surface area is 223 Å². The van der Waals surface area contributed by atoms with Crippen LogP contribution in [0, 0.1) is 0 Å². The summed E-state index contributed by atoms with van der Waals surface area (Å²) in [6.07, 6.45) is 7.35. The first-order valence-electron chi connectivity index (χ1n) is 11.6. The summed E-state index contributed by atoms with van der Waals surface area (Å²) in [4.78, 5) is 72.5. The summed E-state index contributed by atoms with van der Waals surface area (Å²) in [5.41, 5.74) is 1.75. The number of ketones is 1. The van der Waals surface area contributed by atoms with E-state index in [2.05, 4.69) is 10.6 Å². The van der Waals surface area contributed by atoms with E-state index < -0.39 is 40.9 Å². The zero-order chi connectivity index (χ0) is 27.5. The number of hydrogen-bond donors (Lipinski definition) is 3. The molecule has 1 aliphatic rings. The molecule has 0 heterocycles. The van der Waals surface area contributed by atoms with E-state index in [1.807, 2.05) is 12.2 Å². The molecule has 0 fully saturated rings. The van der Waals surface area contributed by atoms with Gasteiger partial charge in [-0.2, -0.15) is 0 Å². The number of hydrogen-bond acceptors (Lipinski definition) is 8. The van der Waals surface area contributed by atoms with Crippen LogP contribution in [0.5, 0.6) is 0 Å². The molecule has 0 saturated carbocycles. The molecule has 0 radical (unpaired) electrons. The van der Waals surface area contributed by atoms with Crippen molar-refractivity contribution in [3.63, 3.8) is 0 Å². The molecule has 0 aromatic heterocycles. The van der Waals surface area contributed by atoms with Gasteiger partial charge in [-0.25, -0.2) is 4.79 Å². The van der Waals surface area contributed by atoms with Crippen molar-refractivity contribution in [2.75, 3.05) is 11.5 Å². The molecule has 0 bridgehead atoms. The van der Waals surface area contributed by atoms with E-state index in [0.29, 0.717) is 28.5 Å². The number of benzene rings is 1.